The average Bonchev–Trinajstić information content (AvgIpc) is 2.36. The molecule has 6 nitrogen and oxygen atoms in total. The van der Waals surface area contributed by atoms with Gasteiger partial charge in [-0.3, -0.25) is 0 Å². The number of aliphatic hydroxyl groups excluding tert-OH is 1. The Hall–Kier alpha value is -0.860. The first-order valence-electron chi connectivity index (χ1n) is 5.41. The van der Waals surface area contributed by atoms with Gasteiger partial charge in [0.2, 0.25) is 10.0 Å². The van der Waals surface area contributed by atoms with Crippen molar-refractivity contribution in [2.24, 2.45) is 0 Å². The summed E-state index contributed by atoms with van der Waals surface area (Å²) >= 11 is 5.76. The van der Waals surface area contributed by atoms with Gasteiger partial charge in [-0.25, -0.2) is 13.1 Å². The molecule has 1 atom stereocenters. The van der Waals surface area contributed by atoms with E-state index in [1.807, 2.05) is 0 Å². The lowest BCUT2D eigenvalue weighted by atomic mass is 10.3. The van der Waals surface area contributed by atoms with Crippen LogP contribution in [-0.4, -0.2) is 47.0 Å². The molecule has 0 aliphatic heterocycles. The quantitative estimate of drug-likeness (QED) is 0.772. The lowest BCUT2D eigenvalue weighted by molar-refractivity contribution is 0.0679. The van der Waals surface area contributed by atoms with Crippen molar-refractivity contribution in [1.29, 1.82) is 0 Å². The van der Waals surface area contributed by atoms with Crippen LogP contribution < -0.4 is 9.46 Å². The summed E-state index contributed by atoms with van der Waals surface area (Å²) in [5.41, 5.74) is 0. The first kappa shape index (κ1) is 16.2. The van der Waals surface area contributed by atoms with E-state index in [4.69, 9.17) is 21.1 Å². The minimum absolute atomic E-state index is 0.0379. The molecule has 8 heteroatoms. The molecule has 0 aromatic heterocycles. The van der Waals surface area contributed by atoms with Crippen molar-refractivity contribution in [2.45, 2.75) is 11.0 Å². The van der Waals surface area contributed by atoms with E-state index in [1.165, 1.54) is 32.4 Å². The molecule has 0 aliphatic carbocycles. The van der Waals surface area contributed by atoms with Gasteiger partial charge in [0.1, 0.15) is 10.6 Å². The van der Waals surface area contributed by atoms with Crippen molar-refractivity contribution in [2.75, 3.05) is 27.4 Å². The highest BCUT2D eigenvalue weighted by atomic mass is 35.5. The number of methoxy groups -OCH3 is 2. The SMILES string of the molecule is COCC(O)CNS(=O)(=O)c1ccc(Cl)cc1OC. The second-order valence-corrected chi connectivity index (χ2v) is 5.93. The van der Waals surface area contributed by atoms with E-state index < -0.39 is 16.1 Å². The van der Waals surface area contributed by atoms with Crippen LogP contribution in [0, 0.1) is 0 Å². The molecular formula is C11H16ClNO5S. The molecule has 0 saturated carbocycles. The fourth-order valence-electron chi connectivity index (χ4n) is 1.40. The third-order valence-electron chi connectivity index (χ3n) is 2.28. The van der Waals surface area contributed by atoms with Gasteiger partial charge in [-0.15, -0.1) is 0 Å². The Morgan fingerprint density at radius 3 is 2.68 bits per heavy atom. The number of halogens is 1. The Morgan fingerprint density at radius 1 is 1.42 bits per heavy atom. The topological polar surface area (TPSA) is 84.9 Å². The highest BCUT2D eigenvalue weighted by Gasteiger charge is 2.20. The smallest absolute Gasteiger partial charge is 0.244 e. The number of ether oxygens (including phenoxy) is 2. The monoisotopic (exact) mass is 309 g/mol. The van der Waals surface area contributed by atoms with E-state index in [0.29, 0.717) is 5.02 Å². The minimum atomic E-state index is -3.78. The van der Waals surface area contributed by atoms with Crippen molar-refractivity contribution in [3.8, 4) is 5.75 Å². The van der Waals surface area contributed by atoms with Crippen molar-refractivity contribution in [3.05, 3.63) is 23.2 Å². The zero-order valence-corrected chi connectivity index (χ0v) is 12.2. The maximum absolute atomic E-state index is 12.0. The van der Waals surface area contributed by atoms with Crippen molar-refractivity contribution in [3.63, 3.8) is 0 Å². The molecule has 0 fully saturated rings. The standard InChI is InChI=1S/C11H16ClNO5S/c1-17-7-9(14)6-13-19(15,16)11-4-3-8(12)5-10(11)18-2/h3-5,9,13-14H,6-7H2,1-2H3. The van der Waals surface area contributed by atoms with Gasteiger partial charge in [0, 0.05) is 24.7 Å². The minimum Gasteiger partial charge on any atom is -0.495 e. The predicted molar refractivity (Wildman–Crippen MR) is 71.1 cm³/mol. The van der Waals surface area contributed by atoms with Gasteiger partial charge in [-0.05, 0) is 12.1 Å². The number of rotatable bonds is 7. The Balaban J connectivity index is 2.88. The molecule has 1 aromatic rings. The molecule has 0 spiro atoms. The summed E-state index contributed by atoms with van der Waals surface area (Å²) in [4.78, 5) is -0.0379. The maximum Gasteiger partial charge on any atom is 0.244 e. The molecule has 0 heterocycles. The lowest BCUT2D eigenvalue weighted by Gasteiger charge is -2.13. The molecule has 0 saturated heterocycles. The Labute approximate surface area is 117 Å². The first-order valence-corrected chi connectivity index (χ1v) is 7.27. The van der Waals surface area contributed by atoms with Crippen LogP contribution in [0.2, 0.25) is 5.02 Å². The van der Waals surface area contributed by atoms with Crippen LogP contribution in [0.5, 0.6) is 5.75 Å². The highest BCUT2D eigenvalue weighted by molar-refractivity contribution is 7.89. The van der Waals surface area contributed by atoms with Gasteiger partial charge in [0.25, 0.3) is 0 Å². The summed E-state index contributed by atoms with van der Waals surface area (Å²) in [6.45, 7) is -0.109. The van der Waals surface area contributed by atoms with E-state index in [1.54, 1.807) is 0 Å². The number of hydrogen-bond acceptors (Lipinski definition) is 5. The summed E-state index contributed by atoms with van der Waals surface area (Å²) in [7, 11) is -1.01. The van der Waals surface area contributed by atoms with Crippen molar-refractivity contribution >= 4 is 21.6 Å². The van der Waals surface area contributed by atoms with Gasteiger partial charge in [-0.2, -0.15) is 0 Å². The van der Waals surface area contributed by atoms with E-state index in [9.17, 15) is 13.5 Å². The molecule has 0 radical (unpaired) electrons. The van der Waals surface area contributed by atoms with Crippen LogP contribution in [-0.2, 0) is 14.8 Å². The largest absolute Gasteiger partial charge is 0.495 e. The van der Waals surface area contributed by atoms with E-state index in [2.05, 4.69) is 4.72 Å². The Morgan fingerprint density at radius 2 is 2.11 bits per heavy atom. The maximum atomic E-state index is 12.0. The van der Waals surface area contributed by atoms with E-state index >= 15 is 0 Å². The molecule has 108 valence electrons. The van der Waals surface area contributed by atoms with Gasteiger partial charge < -0.3 is 14.6 Å². The average molecular weight is 310 g/mol. The van der Waals surface area contributed by atoms with Crippen molar-refractivity contribution < 1.29 is 23.0 Å². The number of hydrogen-bond donors (Lipinski definition) is 2. The molecule has 2 N–H and O–H groups in total. The molecule has 19 heavy (non-hydrogen) atoms. The van der Waals surface area contributed by atoms with Gasteiger partial charge in [0.15, 0.2) is 0 Å². The van der Waals surface area contributed by atoms with Gasteiger partial charge >= 0.3 is 0 Å². The van der Waals surface area contributed by atoms with Crippen molar-refractivity contribution in [1.82, 2.24) is 4.72 Å². The van der Waals surface area contributed by atoms with Crippen LogP contribution in [0.1, 0.15) is 0 Å². The van der Waals surface area contributed by atoms with E-state index in [0.717, 1.165) is 0 Å². The number of benzene rings is 1. The number of nitrogens with one attached hydrogen (secondary N) is 1. The lowest BCUT2D eigenvalue weighted by Crippen LogP contribution is -2.34. The summed E-state index contributed by atoms with van der Waals surface area (Å²) in [6.07, 6.45) is -0.918. The summed E-state index contributed by atoms with van der Waals surface area (Å²) in [6, 6.07) is 4.19. The molecule has 0 amide bonds. The first-order chi connectivity index (χ1) is 8.90. The zero-order valence-electron chi connectivity index (χ0n) is 10.6. The van der Waals surface area contributed by atoms with Crippen LogP contribution in [0.4, 0.5) is 0 Å². The molecule has 0 bridgehead atoms. The predicted octanol–water partition coefficient (Wildman–Crippen LogP) is 0.634. The second-order valence-electron chi connectivity index (χ2n) is 3.76. The molecule has 1 unspecified atom stereocenters. The third-order valence-corrected chi connectivity index (χ3v) is 3.98. The molecule has 1 rings (SSSR count). The molecule has 0 aliphatic rings. The molecule has 1 aromatic carbocycles. The van der Waals surface area contributed by atoms with Gasteiger partial charge in [0.05, 0.1) is 19.8 Å². The van der Waals surface area contributed by atoms with Crippen LogP contribution in [0.25, 0.3) is 0 Å². The summed E-state index contributed by atoms with van der Waals surface area (Å²) < 4.78 is 36.0. The van der Waals surface area contributed by atoms with Crippen LogP contribution in [0.15, 0.2) is 23.1 Å². The fourth-order valence-corrected chi connectivity index (χ4v) is 2.78. The highest BCUT2D eigenvalue weighted by Crippen LogP contribution is 2.26. The van der Waals surface area contributed by atoms with Gasteiger partial charge in [-0.1, -0.05) is 11.6 Å². The zero-order chi connectivity index (χ0) is 14.5. The fraction of sp³-hybridized carbons (Fsp3) is 0.455. The Bertz CT molecular complexity index is 520. The van der Waals surface area contributed by atoms with E-state index in [-0.39, 0.29) is 23.8 Å². The number of aliphatic hydroxyl groups is 1. The normalized spacial score (nSPS) is 13.3. The van der Waals surface area contributed by atoms with Crippen LogP contribution >= 0.6 is 11.6 Å². The van der Waals surface area contributed by atoms with Crippen LogP contribution in [0.3, 0.4) is 0 Å². The second kappa shape index (κ2) is 7.06. The Kier molecular flexibility index (Phi) is 6.02. The molecular weight excluding hydrogens is 294 g/mol. The number of sulfonamides is 1. The third kappa shape index (κ3) is 4.63. The summed E-state index contributed by atoms with van der Waals surface area (Å²) in [5, 5.41) is 9.80. The summed E-state index contributed by atoms with van der Waals surface area (Å²) in [5.74, 6) is 0.140.